The molecule has 4 rings (SSSR count). The molecule has 214 valence electrons. The number of carbonyl (C=O) groups excluding carboxylic acids is 1. The van der Waals surface area contributed by atoms with Crippen LogP contribution in [-0.2, 0) is 17.4 Å². The van der Waals surface area contributed by atoms with E-state index in [1.54, 1.807) is 24.8 Å². The number of alkyl halides is 3. The van der Waals surface area contributed by atoms with Crippen molar-refractivity contribution in [3.05, 3.63) is 53.1 Å². The highest BCUT2D eigenvalue weighted by atomic mass is 32.1. The number of nitriles is 1. The number of anilines is 2. The Morgan fingerprint density at radius 2 is 1.90 bits per heavy atom. The molecule has 2 aromatic rings. The van der Waals surface area contributed by atoms with E-state index in [-0.39, 0.29) is 10.8 Å². The number of nitrogens with zero attached hydrogens (tertiary/aromatic N) is 4. The molecule has 2 aromatic carbocycles. The Bertz CT molecular complexity index is 1320. The summed E-state index contributed by atoms with van der Waals surface area (Å²) in [5, 5.41) is 12.7. The first-order valence-electron chi connectivity index (χ1n) is 13.4. The molecule has 0 saturated carbocycles. The third-order valence-electron chi connectivity index (χ3n) is 7.54. The van der Waals surface area contributed by atoms with Gasteiger partial charge in [0, 0.05) is 37.9 Å². The van der Waals surface area contributed by atoms with Gasteiger partial charge >= 0.3 is 6.18 Å². The molecule has 0 aromatic heterocycles. The molecular formula is C29H34F3N5O2S. The number of thiocarbonyl (C=S) groups is 1. The van der Waals surface area contributed by atoms with Gasteiger partial charge in [-0.1, -0.05) is 13.8 Å². The molecule has 2 saturated heterocycles. The number of aryl methyl sites for hydroxylation is 1. The first kappa shape index (κ1) is 29.8. The monoisotopic (exact) mass is 573 g/mol. The Kier molecular flexibility index (Phi) is 8.73. The molecule has 2 heterocycles. The van der Waals surface area contributed by atoms with Crippen LogP contribution < -0.4 is 19.9 Å². The Hall–Kier alpha value is -3.20. The fourth-order valence-corrected chi connectivity index (χ4v) is 5.76. The van der Waals surface area contributed by atoms with Crippen LogP contribution in [0.15, 0.2) is 36.4 Å². The number of amides is 1. The van der Waals surface area contributed by atoms with Gasteiger partial charge in [0.15, 0.2) is 5.11 Å². The second-order valence-corrected chi connectivity index (χ2v) is 10.9. The summed E-state index contributed by atoms with van der Waals surface area (Å²) >= 11 is 5.67. The minimum atomic E-state index is -4.75. The van der Waals surface area contributed by atoms with Crippen LogP contribution in [0.2, 0.25) is 0 Å². The zero-order valence-corrected chi connectivity index (χ0v) is 24.0. The van der Waals surface area contributed by atoms with Gasteiger partial charge in [-0.2, -0.15) is 18.4 Å². The maximum absolute atomic E-state index is 13.6. The molecular weight excluding hydrogens is 539 g/mol. The summed E-state index contributed by atoms with van der Waals surface area (Å²) in [5.74, 6) is 0.288. The van der Waals surface area contributed by atoms with E-state index in [2.05, 4.69) is 17.1 Å². The lowest BCUT2D eigenvalue weighted by Gasteiger charge is -2.33. The Morgan fingerprint density at radius 3 is 2.55 bits per heavy atom. The molecule has 0 bridgehead atoms. The second-order valence-electron chi connectivity index (χ2n) is 10.5. The topological polar surface area (TPSA) is 71.8 Å². The molecule has 1 N–H and O–H groups in total. The molecule has 1 amide bonds. The van der Waals surface area contributed by atoms with E-state index < -0.39 is 28.7 Å². The molecule has 2 aliphatic heterocycles. The molecule has 11 heteroatoms. The van der Waals surface area contributed by atoms with Gasteiger partial charge < -0.3 is 15.0 Å². The van der Waals surface area contributed by atoms with Gasteiger partial charge in [-0.25, -0.2) is 0 Å². The standard InChI is InChI=1S/C29H34F3N5O2S/c1-5-19-15-23(9-10-25(19)39-14-13-35-12-11-34-21(6-2)18-35)37-27(40)36(26(38)28(37,3)4)22-8-7-20(17-33)24(16-22)29(30,31)32/h7-10,15-16,21,34H,5-6,11-14,18H2,1-4H3/t21-/m1/s1. The number of benzene rings is 2. The van der Waals surface area contributed by atoms with Crippen molar-refractivity contribution in [1.29, 1.82) is 5.26 Å². The van der Waals surface area contributed by atoms with Gasteiger partial charge in [0.25, 0.3) is 5.91 Å². The largest absolute Gasteiger partial charge is 0.492 e. The van der Waals surface area contributed by atoms with Crippen LogP contribution in [0.4, 0.5) is 24.5 Å². The molecule has 2 aliphatic rings. The summed E-state index contributed by atoms with van der Waals surface area (Å²) in [6, 6.07) is 10.8. The zero-order chi connectivity index (χ0) is 29.2. The number of ether oxygens (including phenoxy) is 1. The van der Waals surface area contributed by atoms with Crippen molar-refractivity contribution in [1.82, 2.24) is 10.2 Å². The van der Waals surface area contributed by atoms with Crippen LogP contribution in [0, 0.1) is 11.3 Å². The van der Waals surface area contributed by atoms with Crippen molar-refractivity contribution >= 4 is 34.6 Å². The smallest absolute Gasteiger partial charge is 0.417 e. The molecule has 2 fully saturated rings. The molecule has 1 atom stereocenters. The van der Waals surface area contributed by atoms with Crippen LogP contribution in [0.1, 0.15) is 50.8 Å². The van der Waals surface area contributed by atoms with Gasteiger partial charge in [0.05, 0.1) is 22.9 Å². The molecule has 0 radical (unpaired) electrons. The number of rotatable bonds is 8. The number of hydrogen-bond donors (Lipinski definition) is 1. The summed E-state index contributed by atoms with van der Waals surface area (Å²) < 4.78 is 47.0. The van der Waals surface area contributed by atoms with Crippen molar-refractivity contribution in [2.75, 3.05) is 42.6 Å². The van der Waals surface area contributed by atoms with Gasteiger partial charge in [0.1, 0.15) is 17.9 Å². The highest BCUT2D eigenvalue weighted by Gasteiger charge is 2.50. The third-order valence-corrected chi connectivity index (χ3v) is 7.90. The van der Waals surface area contributed by atoms with Crippen LogP contribution in [0.25, 0.3) is 0 Å². The lowest BCUT2D eigenvalue weighted by atomic mass is 10.0. The molecule has 40 heavy (non-hydrogen) atoms. The third kappa shape index (κ3) is 5.80. The van der Waals surface area contributed by atoms with Crippen molar-refractivity contribution in [2.24, 2.45) is 0 Å². The van der Waals surface area contributed by atoms with Crippen molar-refractivity contribution in [3.63, 3.8) is 0 Å². The first-order valence-corrected chi connectivity index (χ1v) is 13.8. The average molecular weight is 574 g/mol. The van der Waals surface area contributed by atoms with E-state index in [1.807, 2.05) is 25.1 Å². The predicted octanol–water partition coefficient (Wildman–Crippen LogP) is 5.12. The lowest BCUT2D eigenvalue weighted by Crippen LogP contribution is -2.51. The fraction of sp³-hybridized carbons (Fsp3) is 0.483. The minimum absolute atomic E-state index is 0.0363. The van der Waals surface area contributed by atoms with E-state index in [0.717, 1.165) is 60.9 Å². The lowest BCUT2D eigenvalue weighted by molar-refractivity contribution is -0.137. The van der Waals surface area contributed by atoms with Crippen LogP contribution in [0.5, 0.6) is 5.75 Å². The Labute approximate surface area is 238 Å². The molecule has 7 nitrogen and oxygen atoms in total. The van der Waals surface area contributed by atoms with Crippen LogP contribution >= 0.6 is 12.2 Å². The Morgan fingerprint density at radius 1 is 1.18 bits per heavy atom. The number of halogens is 3. The maximum Gasteiger partial charge on any atom is 0.417 e. The van der Waals surface area contributed by atoms with Gasteiger partial charge in [-0.15, -0.1) is 0 Å². The predicted molar refractivity (Wildman–Crippen MR) is 153 cm³/mol. The maximum atomic E-state index is 13.6. The van der Waals surface area contributed by atoms with E-state index >= 15 is 0 Å². The van der Waals surface area contributed by atoms with E-state index in [0.29, 0.717) is 24.8 Å². The van der Waals surface area contributed by atoms with Crippen LogP contribution in [0.3, 0.4) is 0 Å². The summed E-state index contributed by atoms with van der Waals surface area (Å²) in [4.78, 5) is 18.7. The second kappa shape index (κ2) is 11.7. The highest BCUT2D eigenvalue weighted by molar-refractivity contribution is 7.81. The van der Waals surface area contributed by atoms with E-state index in [9.17, 15) is 18.0 Å². The zero-order valence-electron chi connectivity index (χ0n) is 23.1. The summed E-state index contributed by atoms with van der Waals surface area (Å²) in [6.07, 6.45) is -2.99. The van der Waals surface area contributed by atoms with E-state index in [1.165, 1.54) is 6.07 Å². The normalized spacial score (nSPS) is 19.7. The summed E-state index contributed by atoms with van der Waals surface area (Å²) in [6.45, 7) is 11.9. The van der Waals surface area contributed by atoms with E-state index in [4.69, 9.17) is 22.2 Å². The first-order chi connectivity index (χ1) is 18.9. The van der Waals surface area contributed by atoms with Crippen molar-refractivity contribution in [3.8, 4) is 11.8 Å². The van der Waals surface area contributed by atoms with Crippen LogP contribution in [-0.4, -0.2) is 60.3 Å². The fourth-order valence-electron chi connectivity index (χ4n) is 5.24. The average Bonchev–Trinajstić information content (AvgIpc) is 3.11. The summed E-state index contributed by atoms with van der Waals surface area (Å²) in [5.41, 5.74) is -1.24. The minimum Gasteiger partial charge on any atom is -0.492 e. The molecule has 0 unspecified atom stereocenters. The Balaban J connectivity index is 1.56. The summed E-state index contributed by atoms with van der Waals surface area (Å²) in [7, 11) is 0. The number of hydrogen-bond acceptors (Lipinski definition) is 6. The SMILES string of the molecule is CCc1cc(N2C(=S)N(c3ccc(C#N)c(C(F)(F)F)c3)C(=O)C2(C)C)ccc1OCCN1CCN[C@H](CC)C1. The van der Waals surface area contributed by atoms with Crippen molar-refractivity contribution < 1.29 is 22.7 Å². The number of piperazine rings is 1. The number of nitrogens with one attached hydrogen (secondary N) is 1. The van der Waals surface area contributed by atoms with Crippen molar-refractivity contribution in [2.45, 2.75) is 58.3 Å². The molecule has 0 aliphatic carbocycles. The number of carbonyl (C=O) groups is 1. The quantitative estimate of drug-likeness (QED) is 0.440. The van der Waals surface area contributed by atoms with Gasteiger partial charge in [0.2, 0.25) is 0 Å². The highest BCUT2D eigenvalue weighted by Crippen LogP contribution is 2.40. The van der Waals surface area contributed by atoms with Gasteiger partial charge in [-0.3, -0.25) is 14.6 Å². The molecule has 0 spiro atoms. The van der Waals surface area contributed by atoms with Gasteiger partial charge in [-0.05, 0) is 80.9 Å².